The third-order valence-corrected chi connectivity index (χ3v) is 5.21. The second kappa shape index (κ2) is 7.87. The van der Waals surface area contributed by atoms with E-state index in [4.69, 9.17) is 4.74 Å². The highest BCUT2D eigenvalue weighted by atomic mass is 16.5. The number of ether oxygens (including phenoxy) is 1. The molecule has 5 heteroatoms. The largest absolute Gasteiger partial charge is 0.381 e. The van der Waals surface area contributed by atoms with Crippen molar-refractivity contribution in [3.05, 3.63) is 59.3 Å². The van der Waals surface area contributed by atoms with Crippen molar-refractivity contribution in [2.24, 2.45) is 0 Å². The van der Waals surface area contributed by atoms with Gasteiger partial charge in [-0.05, 0) is 43.0 Å². The molecule has 0 atom stereocenters. The van der Waals surface area contributed by atoms with E-state index in [1.165, 1.54) is 11.1 Å². The Kier molecular flexibility index (Phi) is 5.57. The lowest BCUT2D eigenvalue weighted by Crippen LogP contribution is -2.45. The quantitative estimate of drug-likeness (QED) is 0.898. The Hall–Kier alpha value is -2.40. The number of nitrogens with one attached hydrogen (secondary N) is 1. The van der Waals surface area contributed by atoms with Gasteiger partial charge in [-0.3, -0.25) is 4.79 Å². The fourth-order valence-electron chi connectivity index (χ4n) is 3.75. The number of carbonyl (C=O) groups is 1. The molecule has 1 amide bonds. The topological polar surface area (TPSA) is 54.5 Å². The van der Waals surface area contributed by atoms with E-state index in [-0.39, 0.29) is 11.3 Å². The van der Waals surface area contributed by atoms with Crippen molar-refractivity contribution in [1.29, 1.82) is 0 Å². The van der Waals surface area contributed by atoms with Gasteiger partial charge in [-0.15, -0.1) is 0 Å². The number of benzene rings is 1. The lowest BCUT2D eigenvalue weighted by Gasteiger charge is -2.39. The molecular formula is C21H27N3O2. The standard InChI is InChI=1S/C21H27N3O2/c1-16-7-4-5-9-18(16)21(10-13-26-14-11-21)15-23-20(25)17-8-6-12-22-19(17)24(2)3/h4-9,12H,10-11,13-15H2,1-3H3,(H,23,25). The lowest BCUT2D eigenvalue weighted by molar-refractivity contribution is 0.0485. The molecule has 0 saturated carbocycles. The molecule has 1 aliphatic rings. The molecule has 2 heterocycles. The van der Waals surface area contributed by atoms with Crippen LogP contribution in [0.5, 0.6) is 0 Å². The summed E-state index contributed by atoms with van der Waals surface area (Å²) >= 11 is 0. The van der Waals surface area contributed by atoms with Crippen molar-refractivity contribution in [1.82, 2.24) is 10.3 Å². The van der Waals surface area contributed by atoms with Gasteiger partial charge in [0.25, 0.3) is 5.91 Å². The SMILES string of the molecule is Cc1ccccc1C1(CNC(=O)c2cccnc2N(C)C)CCOCC1. The number of anilines is 1. The number of carbonyl (C=O) groups excluding carboxylic acids is 1. The van der Waals surface area contributed by atoms with E-state index in [2.05, 4.69) is 41.5 Å². The molecule has 1 aliphatic heterocycles. The Bertz CT molecular complexity index is 767. The zero-order chi connectivity index (χ0) is 18.6. The number of aryl methyl sites for hydroxylation is 1. The highest BCUT2D eigenvalue weighted by Gasteiger charge is 2.36. The minimum absolute atomic E-state index is 0.0822. The van der Waals surface area contributed by atoms with Crippen LogP contribution >= 0.6 is 0 Å². The zero-order valence-corrected chi connectivity index (χ0v) is 15.8. The molecule has 0 radical (unpaired) electrons. The first-order valence-corrected chi connectivity index (χ1v) is 9.08. The molecule has 1 aromatic heterocycles. The van der Waals surface area contributed by atoms with Gasteiger partial charge in [-0.1, -0.05) is 24.3 Å². The van der Waals surface area contributed by atoms with E-state index in [0.717, 1.165) is 26.1 Å². The van der Waals surface area contributed by atoms with Crippen LogP contribution in [0, 0.1) is 6.92 Å². The van der Waals surface area contributed by atoms with E-state index in [1.54, 1.807) is 12.3 Å². The van der Waals surface area contributed by atoms with Crippen molar-refractivity contribution >= 4 is 11.7 Å². The number of nitrogens with zero attached hydrogens (tertiary/aromatic N) is 2. The van der Waals surface area contributed by atoms with Crippen LogP contribution in [-0.2, 0) is 10.2 Å². The summed E-state index contributed by atoms with van der Waals surface area (Å²) in [5.41, 5.74) is 3.09. The fourth-order valence-corrected chi connectivity index (χ4v) is 3.75. The number of aromatic nitrogens is 1. The summed E-state index contributed by atoms with van der Waals surface area (Å²) < 4.78 is 5.60. The van der Waals surface area contributed by atoms with E-state index < -0.39 is 0 Å². The van der Waals surface area contributed by atoms with Gasteiger partial charge in [0.05, 0.1) is 5.56 Å². The molecule has 1 saturated heterocycles. The zero-order valence-electron chi connectivity index (χ0n) is 15.8. The van der Waals surface area contributed by atoms with Crippen molar-refractivity contribution in [2.45, 2.75) is 25.2 Å². The Morgan fingerprint density at radius 3 is 2.62 bits per heavy atom. The smallest absolute Gasteiger partial charge is 0.255 e. The van der Waals surface area contributed by atoms with Gasteiger partial charge in [0.2, 0.25) is 0 Å². The van der Waals surface area contributed by atoms with Gasteiger partial charge in [0.15, 0.2) is 0 Å². The van der Waals surface area contributed by atoms with E-state index >= 15 is 0 Å². The summed E-state index contributed by atoms with van der Waals surface area (Å²) in [5, 5.41) is 3.17. The Morgan fingerprint density at radius 2 is 1.92 bits per heavy atom. The summed E-state index contributed by atoms with van der Waals surface area (Å²) in [7, 11) is 3.79. The Balaban J connectivity index is 1.83. The number of hydrogen-bond acceptors (Lipinski definition) is 4. The third-order valence-electron chi connectivity index (χ3n) is 5.21. The Labute approximate surface area is 155 Å². The van der Waals surface area contributed by atoms with Crippen molar-refractivity contribution in [3.63, 3.8) is 0 Å². The van der Waals surface area contributed by atoms with E-state index in [0.29, 0.717) is 17.9 Å². The van der Waals surface area contributed by atoms with Crippen molar-refractivity contribution in [2.75, 3.05) is 38.8 Å². The summed E-state index contributed by atoms with van der Waals surface area (Å²) in [6, 6.07) is 12.1. The number of amides is 1. The summed E-state index contributed by atoms with van der Waals surface area (Å²) in [4.78, 5) is 19.1. The van der Waals surface area contributed by atoms with Crippen molar-refractivity contribution in [3.8, 4) is 0 Å². The second-order valence-electron chi connectivity index (χ2n) is 7.16. The van der Waals surface area contributed by atoms with Gasteiger partial charge in [-0.25, -0.2) is 4.98 Å². The average Bonchev–Trinajstić information content (AvgIpc) is 2.67. The van der Waals surface area contributed by atoms with E-state index in [9.17, 15) is 4.79 Å². The molecule has 26 heavy (non-hydrogen) atoms. The highest BCUT2D eigenvalue weighted by molar-refractivity contribution is 5.98. The normalized spacial score (nSPS) is 16.1. The fraction of sp³-hybridized carbons (Fsp3) is 0.429. The van der Waals surface area contributed by atoms with Gasteiger partial charge in [0, 0.05) is 45.5 Å². The first kappa shape index (κ1) is 18.4. The first-order chi connectivity index (χ1) is 12.5. The summed E-state index contributed by atoms with van der Waals surface area (Å²) in [5.74, 6) is 0.600. The van der Waals surface area contributed by atoms with Crippen LogP contribution in [0.2, 0.25) is 0 Å². The van der Waals surface area contributed by atoms with Gasteiger partial charge < -0.3 is 15.0 Å². The van der Waals surface area contributed by atoms with Gasteiger partial charge >= 0.3 is 0 Å². The van der Waals surface area contributed by atoms with Crippen LogP contribution in [0.15, 0.2) is 42.6 Å². The van der Waals surface area contributed by atoms with Gasteiger partial charge in [-0.2, -0.15) is 0 Å². The molecule has 0 aliphatic carbocycles. The maximum atomic E-state index is 12.9. The molecule has 1 aromatic carbocycles. The molecule has 0 spiro atoms. The molecule has 1 fully saturated rings. The minimum Gasteiger partial charge on any atom is -0.381 e. The molecule has 5 nitrogen and oxygen atoms in total. The van der Waals surface area contributed by atoms with Crippen LogP contribution in [0.4, 0.5) is 5.82 Å². The van der Waals surface area contributed by atoms with Crippen LogP contribution in [0.25, 0.3) is 0 Å². The van der Waals surface area contributed by atoms with Crippen LogP contribution in [0.1, 0.15) is 34.3 Å². The van der Waals surface area contributed by atoms with E-state index in [1.807, 2.05) is 25.1 Å². The van der Waals surface area contributed by atoms with Gasteiger partial charge in [0.1, 0.15) is 5.82 Å². The Morgan fingerprint density at radius 1 is 1.19 bits per heavy atom. The lowest BCUT2D eigenvalue weighted by atomic mass is 9.72. The van der Waals surface area contributed by atoms with Crippen molar-refractivity contribution < 1.29 is 9.53 Å². The minimum atomic E-state index is -0.0836. The number of rotatable bonds is 5. The average molecular weight is 353 g/mol. The third kappa shape index (κ3) is 3.73. The molecular weight excluding hydrogens is 326 g/mol. The maximum absolute atomic E-state index is 12.9. The number of hydrogen-bond donors (Lipinski definition) is 1. The molecule has 1 N–H and O–H groups in total. The molecule has 2 aromatic rings. The first-order valence-electron chi connectivity index (χ1n) is 9.08. The summed E-state index contributed by atoms with van der Waals surface area (Å²) in [6.07, 6.45) is 3.52. The van der Waals surface area contributed by atoms with Crippen LogP contribution in [-0.4, -0.2) is 44.7 Å². The predicted molar refractivity (Wildman–Crippen MR) is 104 cm³/mol. The molecule has 0 unspecified atom stereocenters. The predicted octanol–water partition coefficient (Wildman–Crippen LogP) is 2.93. The monoisotopic (exact) mass is 353 g/mol. The number of pyridine rings is 1. The summed E-state index contributed by atoms with van der Waals surface area (Å²) in [6.45, 7) is 4.18. The van der Waals surface area contributed by atoms with Crippen LogP contribution in [0.3, 0.4) is 0 Å². The maximum Gasteiger partial charge on any atom is 0.255 e. The highest BCUT2D eigenvalue weighted by Crippen LogP contribution is 2.36. The second-order valence-corrected chi connectivity index (χ2v) is 7.16. The van der Waals surface area contributed by atoms with Crippen LogP contribution < -0.4 is 10.2 Å². The molecule has 3 rings (SSSR count). The molecule has 138 valence electrons. The molecule has 0 bridgehead atoms.